The summed E-state index contributed by atoms with van der Waals surface area (Å²) < 4.78 is 0. The fourth-order valence-electron chi connectivity index (χ4n) is 5.21. The summed E-state index contributed by atoms with van der Waals surface area (Å²) in [5.74, 6) is 0. The summed E-state index contributed by atoms with van der Waals surface area (Å²) in [5.41, 5.74) is 7.35. The minimum atomic E-state index is -0.890. The molecule has 0 aliphatic carbocycles. The molecule has 33 heavy (non-hydrogen) atoms. The summed E-state index contributed by atoms with van der Waals surface area (Å²) in [6.45, 7) is 6.22. The van der Waals surface area contributed by atoms with Crippen molar-refractivity contribution in [3.8, 4) is 11.1 Å². The molecule has 1 atom stereocenters. The Labute approximate surface area is 192 Å². The van der Waals surface area contributed by atoms with Crippen LogP contribution in [0.15, 0.2) is 30.6 Å². The third kappa shape index (κ3) is 3.79. The second-order valence-electron chi connectivity index (χ2n) is 8.94. The zero-order chi connectivity index (χ0) is 23.1. The van der Waals surface area contributed by atoms with Crippen LogP contribution < -0.4 is 5.32 Å². The lowest BCUT2D eigenvalue weighted by Gasteiger charge is -2.33. The van der Waals surface area contributed by atoms with E-state index in [4.69, 9.17) is 0 Å². The first-order valence-electron chi connectivity index (χ1n) is 11.6. The van der Waals surface area contributed by atoms with Gasteiger partial charge in [-0.3, -0.25) is 0 Å². The lowest BCUT2D eigenvalue weighted by molar-refractivity contribution is 0.139. The van der Waals surface area contributed by atoms with Crippen LogP contribution in [0.25, 0.3) is 22.2 Å². The predicted octanol–water partition coefficient (Wildman–Crippen LogP) is 4.44. The summed E-state index contributed by atoms with van der Waals surface area (Å²) in [7, 11) is 0. The van der Waals surface area contributed by atoms with Crippen molar-refractivity contribution in [1.82, 2.24) is 25.1 Å². The van der Waals surface area contributed by atoms with Gasteiger partial charge in [-0.25, -0.2) is 14.6 Å². The monoisotopic (exact) mass is 447 g/mol. The third-order valence-electron chi connectivity index (χ3n) is 6.92. The summed E-state index contributed by atoms with van der Waals surface area (Å²) in [6.07, 6.45) is 5.31. The van der Waals surface area contributed by atoms with Crippen LogP contribution in [0, 0.1) is 6.92 Å². The van der Waals surface area contributed by atoms with Crippen LogP contribution in [-0.4, -0.2) is 56.6 Å². The van der Waals surface area contributed by atoms with Crippen LogP contribution in [0.2, 0.25) is 0 Å². The van der Waals surface area contributed by atoms with Crippen molar-refractivity contribution in [3.05, 3.63) is 52.8 Å². The highest BCUT2D eigenvalue weighted by molar-refractivity contribution is 5.85. The van der Waals surface area contributed by atoms with Gasteiger partial charge < -0.3 is 25.2 Å². The minimum Gasteiger partial charge on any atom is -0.465 e. The molecular weight excluding hydrogens is 418 g/mol. The Morgan fingerprint density at radius 1 is 1.24 bits per heavy atom. The van der Waals surface area contributed by atoms with Crippen molar-refractivity contribution in [3.63, 3.8) is 0 Å². The number of benzene rings is 1. The fraction of sp³-hybridized carbons (Fsp3) is 0.400. The number of aromatic nitrogens is 2. The molecule has 2 aliphatic heterocycles. The molecule has 172 valence electrons. The van der Waals surface area contributed by atoms with Crippen molar-refractivity contribution < 1.29 is 14.7 Å². The smallest absolute Gasteiger partial charge is 0.407 e. The summed E-state index contributed by atoms with van der Waals surface area (Å²) in [5, 5.41) is 13.8. The molecule has 8 nitrogen and oxygen atoms in total. The number of carboxylic acid groups (broad SMARTS) is 1. The summed E-state index contributed by atoms with van der Waals surface area (Å²) >= 11 is 0. The second-order valence-corrected chi connectivity index (χ2v) is 8.94. The second kappa shape index (κ2) is 8.42. The largest absolute Gasteiger partial charge is 0.465 e. The quantitative estimate of drug-likeness (QED) is 0.552. The fourth-order valence-corrected chi connectivity index (χ4v) is 5.21. The average molecular weight is 448 g/mol. The highest BCUT2D eigenvalue weighted by Crippen LogP contribution is 2.39. The zero-order valence-corrected chi connectivity index (χ0v) is 19.0. The first kappa shape index (κ1) is 21.3. The zero-order valence-electron chi connectivity index (χ0n) is 19.0. The molecule has 0 spiro atoms. The van der Waals surface area contributed by atoms with E-state index in [2.05, 4.69) is 40.4 Å². The Bertz CT molecular complexity index is 1230. The van der Waals surface area contributed by atoms with E-state index < -0.39 is 6.09 Å². The molecule has 2 aromatic heterocycles. The van der Waals surface area contributed by atoms with Crippen molar-refractivity contribution in [2.45, 2.75) is 45.7 Å². The number of nitrogens with zero attached hydrogens (tertiary/aromatic N) is 3. The number of nitrogens with one attached hydrogen (secondary N) is 2. The standard InChI is InChI=1S/C25H29N5O3/c1-3-26-24(31)29-8-6-16-9-17(18-11-19-15(2)12-27-23(19)28-13-18)10-20(21(16)14-29)22-5-4-7-30(22)25(32)33/h9-13,22H,3-8,14H2,1-2H3,(H,26,31)(H,27,28)(H,32,33)/t22-/m0/s1. The van der Waals surface area contributed by atoms with Gasteiger partial charge in [-0.05, 0) is 73.1 Å². The summed E-state index contributed by atoms with van der Waals surface area (Å²) in [4.78, 5) is 35.6. The number of H-pyrrole nitrogens is 1. The number of aryl methyl sites for hydroxylation is 1. The van der Waals surface area contributed by atoms with E-state index in [1.54, 1.807) is 4.90 Å². The SMILES string of the molecule is CCNC(=O)N1CCc2cc(-c3cnc4[nH]cc(C)c4c3)cc([C@@H]3CCCN3C(=O)O)c2C1. The van der Waals surface area contributed by atoms with Gasteiger partial charge in [0.1, 0.15) is 5.65 Å². The number of carbonyl (C=O) groups is 2. The van der Waals surface area contributed by atoms with Crippen LogP contribution in [0.5, 0.6) is 0 Å². The molecule has 8 heteroatoms. The molecule has 1 saturated heterocycles. The molecule has 2 aliphatic rings. The van der Waals surface area contributed by atoms with E-state index in [0.717, 1.165) is 58.1 Å². The van der Waals surface area contributed by atoms with Crippen molar-refractivity contribution in [2.75, 3.05) is 19.6 Å². The molecule has 5 rings (SSSR count). The Balaban J connectivity index is 1.62. The van der Waals surface area contributed by atoms with Crippen molar-refractivity contribution in [2.24, 2.45) is 0 Å². The highest BCUT2D eigenvalue weighted by Gasteiger charge is 2.34. The van der Waals surface area contributed by atoms with Crippen LogP contribution >= 0.6 is 0 Å². The number of carbonyl (C=O) groups excluding carboxylic acids is 1. The number of rotatable bonds is 3. The number of urea groups is 1. The molecule has 4 heterocycles. The van der Waals surface area contributed by atoms with Gasteiger partial charge in [0.15, 0.2) is 0 Å². The molecule has 0 saturated carbocycles. The maximum Gasteiger partial charge on any atom is 0.407 e. The molecule has 1 fully saturated rings. The van der Waals surface area contributed by atoms with E-state index in [9.17, 15) is 14.7 Å². The molecule has 0 bridgehead atoms. The first-order chi connectivity index (χ1) is 16.0. The van der Waals surface area contributed by atoms with Crippen LogP contribution in [0.3, 0.4) is 0 Å². The highest BCUT2D eigenvalue weighted by atomic mass is 16.4. The predicted molar refractivity (Wildman–Crippen MR) is 126 cm³/mol. The Hall–Kier alpha value is -3.55. The molecule has 0 radical (unpaired) electrons. The number of hydrogen-bond acceptors (Lipinski definition) is 3. The topological polar surface area (TPSA) is 102 Å². The molecule has 1 aromatic carbocycles. The van der Waals surface area contributed by atoms with Gasteiger partial charge in [-0.15, -0.1) is 0 Å². The molecule has 3 N–H and O–H groups in total. The normalized spacial score (nSPS) is 17.9. The Morgan fingerprint density at radius 3 is 2.88 bits per heavy atom. The van der Waals surface area contributed by atoms with Gasteiger partial charge >= 0.3 is 12.1 Å². The number of hydrogen-bond donors (Lipinski definition) is 3. The summed E-state index contributed by atoms with van der Waals surface area (Å²) in [6, 6.07) is 6.19. The molecule has 0 unspecified atom stereocenters. The van der Waals surface area contributed by atoms with E-state index >= 15 is 0 Å². The minimum absolute atomic E-state index is 0.0720. The first-order valence-corrected chi connectivity index (χ1v) is 11.6. The van der Waals surface area contributed by atoms with Gasteiger partial charge in [0, 0.05) is 49.5 Å². The molecular formula is C25H29N5O3. The molecule has 3 amide bonds. The van der Waals surface area contributed by atoms with Gasteiger partial charge in [0.05, 0.1) is 6.04 Å². The lowest BCUT2D eigenvalue weighted by Crippen LogP contribution is -2.43. The van der Waals surface area contributed by atoms with Gasteiger partial charge in [-0.1, -0.05) is 6.07 Å². The van der Waals surface area contributed by atoms with Crippen LogP contribution in [0.1, 0.15) is 48.1 Å². The number of aromatic amines is 1. The number of amides is 3. The van der Waals surface area contributed by atoms with E-state index in [1.165, 1.54) is 5.56 Å². The van der Waals surface area contributed by atoms with Crippen molar-refractivity contribution >= 4 is 23.2 Å². The molecule has 3 aromatic rings. The van der Waals surface area contributed by atoms with E-state index in [-0.39, 0.29) is 12.1 Å². The van der Waals surface area contributed by atoms with Gasteiger partial charge in [0.25, 0.3) is 0 Å². The van der Waals surface area contributed by atoms with Crippen LogP contribution in [-0.2, 0) is 13.0 Å². The van der Waals surface area contributed by atoms with E-state index in [1.807, 2.05) is 24.2 Å². The third-order valence-corrected chi connectivity index (χ3v) is 6.92. The Kier molecular flexibility index (Phi) is 5.44. The number of pyridine rings is 1. The van der Waals surface area contributed by atoms with Gasteiger partial charge in [-0.2, -0.15) is 0 Å². The average Bonchev–Trinajstić information content (AvgIpc) is 3.45. The maximum atomic E-state index is 12.5. The maximum absolute atomic E-state index is 12.5. The Morgan fingerprint density at radius 2 is 2.09 bits per heavy atom. The van der Waals surface area contributed by atoms with Crippen LogP contribution in [0.4, 0.5) is 9.59 Å². The number of fused-ring (bicyclic) bond motifs is 2. The van der Waals surface area contributed by atoms with Crippen molar-refractivity contribution in [1.29, 1.82) is 0 Å². The number of likely N-dealkylation sites (tertiary alicyclic amines) is 1. The lowest BCUT2D eigenvalue weighted by atomic mass is 9.87. The van der Waals surface area contributed by atoms with Gasteiger partial charge in [0.2, 0.25) is 0 Å². The van der Waals surface area contributed by atoms with E-state index in [0.29, 0.717) is 26.2 Å².